The van der Waals surface area contributed by atoms with E-state index in [1.807, 2.05) is 23.1 Å². The molecule has 282 valence electrons. The van der Waals surface area contributed by atoms with Gasteiger partial charge in [-0.3, -0.25) is 29.5 Å². The van der Waals surface area contributed by atoms with Crippen LogP contribution in [0.5, 0.6) is 5.75 Å². The lowest BCUT2D eigenvalue weighted by Crippen LogP contribution is -2.39. The molecule has 3 amide bonds. The number of fused-ring (bicyclic) bond motifs is 3. The van der Waals surface area contributed by atoms with Crippen molar-refractivity contribution in [2.45, 2.75) is 45.4 Å². The number of carbonyl (C=O) groups excluding carboxylic acids is 3. The van der Waals surface area contributed by atoms with Crippen molar-refractivity contribution in [1.29, 1.82) is 0 Å². The third kappa shape index (κ3) is 6.66. The van der Waals surface area contributed by atoms with Crippen LogP contribution in [0.2, 0.25) is 0 Å². The van der Waals surface area contributed by atoms with Crippen LogP contribution in [0.4, 0.5) is 15.8 Å². The molecule has 8 rings (SSSR count). The lowest BCUT2D eigenvalue weighted by molar-refractivity contribution is -0.134. The molecular weight excluding hydrogens is 714 g/mol. The molecule has 56 heavy (non-hydrogen) atoms. The Labute approximate surface area is 321 Å². The Balaban J connectivity index is 0.981. The molecule has 1 fully saturated rings. The van der Waals surface area contributed by atoms with Crippen LogP contribution in [0.25, 0.3) is 33.0 Å². The highest BCUT2D eigenvalue weighted by atomic mass is 19.1. The smallest absolute Gasteiger partial charge is 0.270 e. The number of amides is 3. The first kappa shape index (κ1) is 36.2. The molecule has 0 radical (unpaired) electrons. The van der Waals surface area contributed by atoms with Crippen LogP contribution in [0.1, 0.15) is 71.3 Å². The maximum Gasteiger partial charge on any atom is 0.270 e. The standard InChI is InChI=1S/C44H38FN5O6/c1-24(2)28-18-36-32(16-25(3)44(54)49(36)4)37(19-28)50-14-15-55-40-20-30(34(45)21-38(40)50)27-8-10-35(47-22-27)43(53)46-13-5-6-26-7-11-39-31(17-26)33(23-56-39)29-9-12-41(51)48-42(29)52/h7-8,10-11,16-24,29H,9,12-15H2,1-4H3,(H,46,53)(H,48,51,52). The summed E-state index contributed by atoms with van der Waals surface area (Å²) in [5.74, 6) is 4.66. The van der Waals surface area contributed by atoms with Crippen LogP contribution in [0.15, 0.2) is 82.3 Å². The number of imide groups is 1. The molecule has 12 heteroatoms. The zero-order chi connectivity index (χ0) is 39.2. The van der Waals surface area contributed by atoms with Gasteiger partial charge in [-0.25, -0.2) is 4.39 Å². The molecule has 5 heterocycles. The van der Waals surface area contributed by atoms with Gasteiger partial charge in [-0.1, -0.05) is 31.8 Å². The highest BCUT2D eigenvalue weighted by Crippen LogP contribution is 2.44. The summed E-state index contributed by atoms with van der Waals surface area (Å²) < 4.78 is 29.4. The number of ether oxygens (including phenoxy) is 1. The largest absolute Gasteiger partial charge is 0.490 e. The van der Waals surface area contributed by atoms with Crippen molar-refractivity contribution in [3.63, 3.8) is 0 Å². The Morgan fingerprint density at radius 2 is 1.89 bits per heavy atom. The van der Waals surface area contributed by atoms with E-state index in [2.05, 4.69) is 47.4 Å². The number of aryl methyl sites for hydroxylation is 2. The van der Waals surface area contributed by atoms with E-state index in [0.29, 0.717) is 58.8 Å². The number of anilines is 2. The van der Waals surface area contributed by atoms with E-state index < -0.39 is 17.6 Å². The van der Waals surface area contributed by atoms with Crippen molar-refractivity contribution < 1.29 is 27.9 Å². The average molecular weight is 752 g/mol. The molecule has 1 saturated heterocycles. The van der Waals surface area contributed by atoms with Crippen LogP contribution in [-0.2, 0) is 16.6 Å². The molecule has 11 nitrogen and oxygen atoms in total. The molecule has 0 aliphatic carbocycles. The maximum absolute atomic E-state index is 16.0. The van der Waals surface area contributed by atoms with Gasteiger partial charge >= 0.3 is 0 Å². The van der Waals surface area contributed by atoms with Gasteiger partial charge < -0.3 is 23.9 Å². The first-order chi connectivity index (χ1) is 27.0. The summed E-state index contributed by atoms with van der Waals surface area (Å²) in [7, 11) is 1.77. The SMILES string of the molecule is Cc1cc2c(N3CCOc4cc(-c5ccc(C(=O)NCC#Cc6ccc7occ(C8CCC(=O)NC8=O)c7c6)nc5)c(F)cc43)cc(C(C)C)cc2n(C)c1=O. The first-order valence-corrected chi connectivity index (χ1v) is 18.4. The fraction of sp³-hybridized carbons (Fsp3) is 0.250. The second-order valence-electron chi connectivity index (χ2n) is 14.4. The summed E-state index contributed by atoms with van der Waals surface area (Å²) in [5, 5.41) is 6.76. The zero-order valence-electron chi connectivity index (χ0n) is 31.3. The lowest BCUT2D eigenvalue weighted by Gasteiger charge is -2.33. The lowest BCUT2D eigenvalue weighted by atomic mass is 9.90. The molecule has 6 aromatic rings. The average Bonchev–Trinajstić information content (AvgIpc) is 3.61. The van der Waals surface area contributed by atoms with Crippen molar-refractivity contribution >= 4 is 51.0 Å². The van der Waals surface area contributed by atoms with E-state index in [9.17, 15) is 19.2 Å². The molecule has 0 spiro atoms. The summed E-state index contributed by atoms with van der Waals surface area (Å²) in [5.41, 5.74) is 6.78. The molecule has 2 aliphatic heterocycles. The number of piperidine rings is 1. The second-order valence-corrected chi connectivity index (χ2v) is 14.4. The Kier molecular flexibility index (Phi) is 9.38. The highest BCUT2D eigenvalue weighted by Gasteiger charge is 2.31. The van der Waals surface area contributed by atoms with Gasteiger partial charge in [0.2, 0.25) is 11.8 Å². The van der Waals surface area contributed by atoms with Crippen molar-refractivity contribution in [2.24, 2.45) is 7.05 Å². The number of rotatable bonds is 6. The third-order valence-electron chi connectivity index (χ3n) is 10.5. The van der Waals surface area contributed by atoms with Gasteiger partial charge in [0.1, 0.15) is 29.5 Å². The number of aromatic nitrogens is 2. The number of halogens is 1. The molecule has 2 aliphatic rings. The summed E-state index contributed by atoms with van der Waals surface area (Å²) >= 11 is 0. The minimum absolute atomic E-state index is 0.0458. The van der Waals surface area contributed by atoms with Gasteiger partial charge in [0.25, 0.3) is 11.5 Å². The fourth-order valence-corrected chi connectivity index (χ4v) is 7.42. The van der Waals surface area contributed by atoms with E-state index in [-0.39, 0.29) is 47.5 Å². The van der Waals surface area contributed by atoms with Crippen LogP contribution >= 0.6 is 0 Å². The molecule has 0 bridgehead atoms. The number of hydrogen-bond acceptors (Lipinski definition) is 8. The highest BCUT2D eigenvalue weighted by molar-refractivity contribution is 6.03. The molecule has 2 N–H and O–H groups in total. The monoisotopic (exact) mass is 751 g/mol. The number of hydrogen-bond donors (Lipinski definition) is 2. The van der Waals surface area contributed by atoms with Crippen LogP contribution in [0, 0.1) is 24.6 Å². The van der Waals surface area contributed by atoms with Gasteiger partial charge in [0.05, 0.1) is 42.2 Å². The fourth-order valence-electron chi connectivity index (χ4n) is 7.42. The molecule has 1 unspecified atom stereocenters. The number of benzene rings is 3. The van der Waals surface area contributed by atoms with E-state index in [0.717, 1.165) is 27.5 Å². The van der Waals surface area contributed by atoms with E-state index in [1.54, 1.807) is 49.1 Å². The predicted molar refractivity (Wildman–Crippen MR) is 211 cm³/mol. The van der Waals surface area contributed by atoms with Gasteiger partial charge in [-0.2, -0.15) is 0 Å². The van der Waals surface area contributed by atoms with Gasteiger partial charge in [0.15, 0.2) is 0 Å². The van der Waals surface area contributed by atoms with Crippen LogP contribution < -0.4 is 25.8 Å². The Morgan fingerprint density at radius 1 is 1.05 bits per heavy atom. The summed E-state index contributed by atoms with van der Waals surface area (Å²) in [6.07, 6.45) is 3.67. The van der Waals surface area contributed by atoms with Crippen molar-refractivity contribution in [3.8, 4) is 28.7 Å². The second kappa shape index (κ2) is 14.5. The van der Waals surface area contributed by atoms with Crippen LogP contribution in [-0.4, -0.2) is 47.0 Å². The number of pyridine rings is 2. The molecule has 1 atom stereocenters. The minimum Gasteiger partial charge on any atom is -0.490 e. The zero-order valence-corrected chi connectivity index (χ0v) is 31.3. The topological polar surface area (TPSA) is 136 Å². The van der Waals surface area contributed by atoms with Gasteiger partial charge in [0, 0.05) is 64.3 Å². The molecule has 3 aromatic heterocycles. The summed E-state index contributed by atoms with van der Waals surface area (Å²) in [4.78, 5) is 56.2. The predicted octanol–water partition coefficient (Wildman–Crippen LogP) is 6.75. The molecule has 3 aromatic carbocycles. The van der Waals surface area contributed by atoms with Crippen molar-refractivity contribution in [3.05, 3.63) is 117 Å². The van der Waals surface area contributed by atoms with Crippen molar-refractivity contribution in [2.75, 3.05) is 24.6 Å². The molecular formula is C44H38FN5O6. The Morgan fingerprint density at radius 3 is 2.66 bits per heavy atom. The van der Waals surface area contributed by atoms with E-state index >= 15 is 4.39 Å². The quantitative estimate of drug-likeness (QED) is 0.141. The maximum atomic E-state index is 16.0. The van der Waals surface area contributed by atoms with Gasteiger partial charge in [-0.05, 0) is 73.4 Å². The molecule has 0 saturated carbocycles. The number of nitrogens with zero attached hydrogens (tertiary/aromatic N) is 3. The third-order valence-corrected chi connectivity index (χ3v) is 10.5. The van der Waals surface area contributed by atoms with Crippen molar-refractivity contribution in [1.82, 2.24) is 20.2 Å². The van der Waals surface area contributed by atoms with E-state index in [1.165, 1.54) is 18.3 Å². The van der Waals surface area contributed by atoms with E-state index in [4.69, 9.17) is 9.15 Å². The number of furan rings is 1. The van der Waals surface area contributed by atoms with Crippen LogP contribution in [0.3, 0.4) is 0 Å². The number of carbonyl (C=O) groups is 3. The Bertz CT molecular complexity index is 2720. The first-order valence-electron chi connectivity index (χ1n) is 18.4. The normalized spacial score (nSPS) is 15.3. The van der Waals surface area contributed by atoms with Gasteiger partial charge in [-0.15, -0.1) is 0 Å². The summed E-state index contributed by atoms with van der Waals surface area (Å²) in [6, 6.07) is 17.7. The number of nitrogens with one attached hydrogen (secondary N) is 2. The minimum atomic E-state index is -0.485. The Hall–Kier alpha value is -6.74. The summed E-state index contributed by atoms with van der Waals surface area (Å²) in [6.45, 7) is 6.91.